The van der Waals surface area contributed by atoms with Crippen molar-refractivity contribution in [3.8, 4) is 6.07 Å². The molecule has 1 fully saturated rings. The molecule has 5 heteroatoms. The molecule has 1 saturated carbocycles. The van der Waals surface area contributed by atoms with Crippen LogP contribution in [-0.4, -0.2) is 17.3 Å². The van der Waals surface area contributed by atoms with E-state index in [1.165, 1.54) is 6.42 Å². The van der Waals surface area contributed by atoms with Gasteiger partial charge in [-0.15, -0.1) is 0 Å². The predicted octanol–water partition coefficient (Wildman–Crippen LogP) is 3.53. The Hall–Kier alpha value is -1.41. The highest BCUT2D eigenvalue weighted by molar-refractivity contribution is 5.05. The van der Waals surface area contributed by atoms with E-state index < -0.39 is 5.60 Å². The Morgan fingerprint density at radius 1 is 1.60 bits per heavy atom. The second kappa shape index (κ2) is 6.36. The first-order valence-electron chi connectivity index (χ1n) is 7.37. The Morgan fingerprint density at radius 2 is 2.40 bits per heavy atom. The van der Waals surface area contributed by atoms with Crippen molar-refractivity contribution in [2.75, 3.05) is 7.11 Å². The number of hydrogen-bond acceptors (Lipinski definition) is 5. The van der Waals surface area contributed by atoms with Gasteiger partial charge in [0.05, 0.1) is 6.07 Å². The lowest BCUT2D eigenvalue weighted by molar-refractivity contribution is -0.0658. The van der Waals surface area contributed by atoms with Crippen LogP contribution in [0.4, 0.5) is 0 Å². The highest BCUT2D eigenvalue weighted by Crippen LogP contribution is 2.41. The average Bonchev–Trinajstić information content (AvgIpc) is 2.95. The molecular formula is C15H23N3O2. The Balaban J connectivity index is 2.16. The minimum Gasteiger partial charge on any atom is -0.370 e. The number of nitriles is 1. The lowest BCUT2D eigenvalue weighted by Crippen LogP contribution is -2.35. The van der Waals surface area contributed by atoms with E-state index in [1.807, 2.05) is 6.92 Å². The van der Waals surface area contributed by atoms with Gasteiger partial charge < -0.3 is 9.26 Å². The van der Waals surface area contributed by atoms with Crippen molar-refractivity contribution in [3.63, 3.8) is 0 Å². The molecule has 5 nitrogen and oxygen atoms in total. The van der Waals surface area contributed by atoms with Crippen molar-refractivity contribution in [2.45, 2.75) is 63.9 Å². The summed E-state index contributed by atoms with van der Waals surface area (Å²) >= 11 is 0. The van der Waals surface area contributed by atoms with Crippen molar-refractivity contribution in [3.05, 3.63) is 11.7 Å². The summed E-state index contributed by atoms with van der Waals surface area (Å²) in [6.45, 7) is 4.25. The highest BCUT2D eigenvalue weighted by atomic mass is 16.5. The van der Waals surface area contributed by atoms with Crippen molar-refractivity contribution in [2.24, 2.45) is 5.92 Å². The first-order chi connectivity index (χ1) is 9.61. The van der Waals surface area contributed by atoms with Crippen molar-refractivity contribution < 1.29 is 9.26 Å². The number of hydrogen-bond donors (Lipinski definition) is 0. The first kappa shape index (κ1) is 15.0. The molecule has 3 atom stereocenters. The van der Waals surface area contributed by atoms with Crippen LogP contribution < -0.4 is 0 Å². The third-order valence-corrected chi connectivity index (χ3v) is 4.31. The van der Waals surface area contributed by atoms with Crippen LogP contribution in [0, 0.1) is 17.2 Å². The van der Waals surface area contributed by atoms with Gasteiger partial charge in [0.2, 0.25) is 11.7 Å². The summed E-state index contributed by atoms with van der Waals surface area (Å²) in [5.41, 5.74) is -0.394. The average molecular weight is 277 g/mol. The van der Waals surface area contributed by atoms with Gasteiger partial charge in [0.1, 0.15) is 5.60 Å². The first-order valence-corrected chi connectivity index (χ1v) is 7.37. The van der Waals surface area contributed by atoms with E-state index in [9.17, 15) is 0 Å². The highest BCUT2D eigenvalue weighted by Gasteiger charge is 2.41. The molecule has 1 heterocycles. The van der Waals surface area contributed by atoms with Gasteiger partial charge in [-0.1, -0.05) is 25.4 Å². The lowest BCUT2D eigenvalue weighted by Gasteiger charge is -2.36. The van der Waals surface area contributed by atoms with Gasteiger partial charge in [-0.3, -0.25) is 0 Å². The molecule has 1 aromatic heterocycles. The monoisotopic (exact) mass is 277 g/mol. The summed E-state index contributed by atoms with van der Waals surface area (Å²) in [6, 6.07) is 2.15. The van der Waals surface area contributed by atoms with Gasteiger partial charge in [0.25, 0.3) is 0 Å². The second-order valence-corrected chi connectivity index (χ2v) is 5.95. The van der Waals surface area contributed by atoms with Crippen LogP contribution in [0.5, 0.6) is 0 Å². The number of nitrogens with zero attached hydrogens (tertiary/aromatic N) is 3. The van der Waals surface area contributed by atoms with Crippen LogP contribution in [0.25, 0.3) is 0 Å². The quantitative estimate of drug-likeness (QED) is 0.823. The van der Waals surface area contributed by atoms with Crippen molar-refractivity contribution in [1.29, 1.82) is 5.26 Å². The predicted molar refractivity (Wildman–Crippen MR) is 73.9 cm³/mol. The Morgan fingerprint density at radius 3 is 3.05 bits per heavy atom. The van der Waals surface area contributed by atoms with Crippen LogP contribution in [0.1, 0.15) is 70.0 Å². The molecular weight excluding hydrogens is 254 g/mol. The molecule has 1 aliphatic carbocycles. The fourth-order valence-electron chi connectivity index (χ4n) is 3.01. The largest absolute Gasteiger partial charge is 0.370 e. The van der Waals surface area contributed by atoms with Crippen molar-refractivity contribution >= 4 is 0 Å². The number of rotatable bonds is 5. The van der Waals surface area contributed by atoms with Gasteiger partial charge in [0, 0.05) is 19.4 Å². The van der Waals surface area contributed by atoms with Gasteiger partial charge in [-0.25, -0.2) is 0 Å². The van der Waals surface area contributed by atoms with E-state index in [1.54, 1.807) is 7.11 Å². The Bertz CT molecular complexity index is 480. The fraction of sp³-hybridized carbons (Fsp3) is 0.800. The number of aromatic nitrogens is 2. The molecule has 0 N–H and O–H groups in total. The Kier molecular flexibility index (Phi) is 4.77. The van der Waals surface area contributed by atoms with Crippen LogP contribution in [0.2, 0.25) is 0 Å². The molecule has 2 rings (SSSR count). The zero-order chi connectivity index (χ0) is 14.6. The molecule has 0 aliphatic heterocycles. The molecule has 110 valence electrons. The summed E-state index contributed by atoms with van der Waals surface area (Å²) in [7, 11) is 1.73. The SMILES string of the molecule is COC1(c2noc(C(C)CCC#N)n2)CCCC(C)C1. The third kappa shape index (κ3) is 3.01. The summed E-state index contributed by atoms with van der Waals surface area (Å²) in [5, 5.41) is 12.8. The molecule has 3 unspecified atom stereocenters. The van der Waals surface area contributed by atoms with Crippen LogP contribution >= 0.6 is 0 Å². The lowest BCUT2D eigenvalue weighted by atomic mass is 9.78. The Labute approximate surface area is 120 Å². The topological polar surface area (TPSA) is 71.9 Å². The van der Waals surface area contributed by atoms with Gasteiger partial charge in [-0.2, -0.15) is 10.2 Å². The molecule has 20 heavy (non-hydrogen) atoms. The fourth-order valence-corrected chi connectivity index (χ4v) is 3.01. The van der Waals surface area contributed by atoms with Crippen LogP contribution in [-0.2, 0) is 10.3 Å². The summed E-state index contributed by atoms with van der Waals surface area (Å²) in [4.78, 5) is 4.55. The zero-order valence-corrected chi connectivity index (χ0v) is 12.6. The third-order valence-electron chi connectivity index (χ3n) is 4.31. The molecule has 1 aliphatic rings. The maximum absolute atomic E-state index is 8.64. The molecule has 0 spiro atoms. The van der Waals surface area contributed by atoms with E-state index >= 15 is 0 Å². The van der Waals surface area contributed by atoms with E-state index in [0.717, 1.165) is 25.7 Å². The minimum atomic E-state index is -0.394. The smallest absolute Gasteiger partial charge is 0.229 e. The molecule has 0 aromatic carbocycles. The summed E-state index contributed by atoms with van der Waals surface area (Å²) in [6.07, 6.45) is 5.49. The molecule has 0 amide bonds. The van der Waals surface area contributed by atoms with E-state index in [4.69, 9.17) is 14.5 Å². The van der Waals surface area contributed by atoms with Gasteiger partial charge >= 0.3 is 0 Å². The van der Waals surface area contributed by atoms with E-state index in [2.05, 4.69) is 23.1 Å². The summed E-state index contributed by atoms with van der Waals surface area (Å²) < 4.78 is 11.2. The summed E-state index contributed by atoms with van der Waals surface area (Å²) in [5.74, 6) is 2.02. The zero-order valence-electron chi connectivity index (χ0n) is 12.6. The van der Waals surface area contributed by atoms with Crippen molar-refractivity contribution in [1.82, 2.24) is 10.1 Å². The van der Waals surface area contributed by atoms with Crippen LogP contribution in [0.3, 0.4) is 0 Å². The number of methoxy groups -OCH3 is 1. The maximum atomic E-state index is 8.64. The molecule has 0 bridgehead atoms. The van der Waals surface area contributed by atoms with E-state index in [-0.39, 0.29) is 5.92 Å². The van der Waals surface area contributed by atoms with Crippen LogP contribution in [0.15, 0.2) is 4.52 Å². The van der Waals surface area contributed by atoms with E-state index in [0.29, 0.717) is 24.1 Å². The second-order valence-electron chi connectivity index (χ2n) is 5.95. The number of ether oxygens (including phenoxy) is 1. The molecule has 1 aromatic rings. The maximum Gasteiger partial charge on any atom is 0.229 e. The normalized spacial score (nSPS) is 28.0. The minimum absolute atomic E-state index is 0.117. The van der Waals surface area contributed by atoms with Gasteiger partial charge in [0.15, 0.2) is 0 Å². The molecule has 0 radical (unpaired) electrons. The standard InChI is InChI=1S/C15H23N3O2/c1-11-6-4-8-15(10-11,19-3)14-17-13(20-18-14)12(2)7-5-9-16/h11-12H,4-8,10H2,1-3H3. The van der Waals surface area contributed by atoms with Gasteiger partial charge in [-0.05, 0) is 31.6 Å². The molecule has 0 saturated heterocycles.